The highest BCUT2D eigenvalue weighted by molar-refractivity contribution is 5.17. The van der Waals surface area contributed by atoms with Gasteiger partial charge in [-0.15, -0.1) is 0 Å². The Bertz CT molecular complexity index is 247. The molecule has 1 nitrogen and oxygen atoms in total. The lowest BCUT2D eigenvalue weighted by atomic mass is 10.0. The fourth-order valence-electron chi connectivity index (χ4n) is 1.12. The van der Waals surface area contributed by atoms with Crippen molar-refractivity contribution < 1.29 is 4.39 Å². The van der Waals surface area contributed by atoms with Gasteiger partial charge in [0.05, 0.1) is 0 Å². The molecule has 0 aromatic heterocycles. The molecule has 0 amide bonds. The van der Waals surface area contributed by atoms with Crippen LogP contribution in [-0.4, -0.2) is 6.54 Å². The first-order valence-electron chi connectivity index (χ1n) is 4.17. The summed E-state index contributed by atoms with van der Waals surface area (Å²) in [4.78, 5) is 0. The molecule has 2 heteroatoms. The van der Waals surface area contributed by atoms with E-state index in [1.165, 1.54) is 6.07 Å². The molecule has 1 rings (SSSR count). The standard InChI is InChI=1S/C10H14FN/c1-8(7-12)6-9-4-2-3-5-10(9)11/h2-5,8H,6-7,12H2,1H3/t8-/m0/s1. The van der Waals surface area contributed by atoms with Crippen molar-refractivity contribution in [2.75, 3.05) is 6.54 Å². The Hall–Kier alpha value is -0.890. The molecular weight excluding hydrogens is 153 g/mol. The van der Waals surface area contributed by atoms with E-state index < -0.39 is 0 Å². The molecule has 0 aliphatic carbocycles. The molecule has 1 atom stereocenters. The Balaban J connectivity index is 2.69. The number of rotatable bonds is 3. The van der Waals surface area contributed by atoms with Gasteiger partial charge in [-0.2, -0.15) is 0 Å². The molecule has 0 radical (unpaired) electrons. The molecular formula is C10H14FN. The zero-order chi connectivity index (χ0) is 8.97. The number of halogens is 1. The number of hydrogen-bond acceptors (Lipinski definition) is 1. The van der Waals surface area contributed by atoms with Crippen LogP contribution in [0.5, 0.6) is 0 Å². The molecule has 0 bridgehead atoms. The number of nitrogens with two attached hydrogens (primary N) is 1. The van der Waals surface area contributed by atoms with Gasteiger partial charge in [-0.25, -0.2) is 4.39 Å². The highest BCUT2D eigenvalue weighted by atomic mass is 19.1. The van der Waals surface area contributed by atoms with Crippen LogP contribution < -0.4 is 5.73 Å². The van der Waals surface area contributed by atoms with Crippen LogP contribution >= 0.6 is 0 Å². The normalized spacial score (nSPS) is 12.9. The first-order valence-corrected chi connectivity index (χ1v) is 4.17. The quantitative estimate of drug-likeness (QED) is 0.731. The summed E-state index contributed by atoms with van der Waals surface area (Å²) in [5.41, 5.74) is 6.21. The van der Waals surface area contributed by atoms with Crippen molar-refractivity contribution in [3.8, 4) is 0 Å². The maximum Gasteiger partial charge on any atom is 0.126 e. The zero-order valence-electron chi connectivity index (χ0n) is 7.26. The lowest BCUT2D eigenvalue weighted by Gasteiger charge is -2.08. The monoisotopic (exact) mass is 167 g/mol. The topological polar surface area (TPSA) is 26.0 Å². The molecule has 0 unspecified atom stereocenters. The van der Waals surface area contributed by atoms with E-state index in [0.29, 0.717) is 12.5 Å². The van der Waals surface area contributed by atoms with Gasteiger partial charge < -0.3 is 5.73 Å². The average molecular weight is 167 g/mol. The minimum absolute atomic E-state index is 0.127. The Kier molecular flexibility index (Phi) is 3.23. The highest BCUT2D eigenvalue weighted by Crippen LogP contribution is 2.11. The van der Waals surface area contributed by atoms with E-state index in [1.807, 2.05) is 19.1 Å². The molecule has 0 saturated carbocycles. The first-order chi connectivity index (χ1) is 5.74. The summed E-state index contributed by atoms with van der Waals surface area (Å²) >= 11 is 0. The zero-order valence-corrected chi connectivity index (χ0v) is 7.26. The van der Waals surface area contributed by atoms with Crippen molar-refractivity contribution in [1.29, 1.82) is 0 Å². The van der Waals surface area contributed by atoms with Gasteiger partial charge in [0.2, 0.25) is 0 Å². The number of hydrogen-bond donors (Lipinski definition) is 1. The molecule has 12 heavy (non-hydrogen) atoms. The van der Waals surface area contributed by atoms with Crippen molar-refractivity contribution in [2.24, 2.45) is 11.7 Å². The van der Waals surface area contributed by atoms with E-state index in [9.17, 15) is 4.39 Å². The Morgan fingerprint density at radius 3 is 2.67 bits per heavy atom. The third-order valence-electron chi connectivity index (χ3n) is 1.93. The second-order valence-corrected chi connectivity index (χ2v) is 3.14. The van der Waals surface area contributed by atoms with Crippen molar-refractivity contribution >= 4 is 0 Å². The summed E-state index contributed by atoms with van der Waals surface area (Å²) in [6.07, 6.45) is 0.725. The largest absolute Gasteiger partial charge is 0.330 e. The summed E-state index contributed by atoms with van der Waals surface area (Å²) in [6, 6.07) is 6.84. The van der Waals surface area contributed by atoms with Crippen molar-refractivity contribution in [2.45, 2.75) is 13.3 Å². The minimum Gasteiger partial charge on any atom is -0.330 e. The van der Waals surface area contributed by atoms with Gasteiger partial charge in [-0.3, -0.25) is 0 Å². The lowest BCUT2D eigenvalue weighted by molar-refractivity contribution is 0.552. The molecule has 0 spiro atoms. The van der Waals surface area contributed by atoms with Gasteiger partial charge in [0.25, 0.3) is 0 Å². The van der Waals surface area contributed by atoms with Crippen molar-refractivity contribution in [3.63, 3.8) is 0 Å². The van der Waals surface area contributed by atoms with Crippen LogP contribution in [0.15, 0.2) is 24.3 Å². The SMILES string of the molecule is C[C@H](CN)Cc1ccccc1F. The van der Waals surface area contributed by atoms with Crippen molar-refractivity contribution in [3.05, 3.63) is 35.6 Å². The van der Waals surface area contributed by atoms with Crippen LogP contribution in [0.25, 0.3) is 0 Å². The first kappa shape index (κ1) is 9.20. The fraction of sp³-hybridized carbons (Fsp3) is 0.400. The molecule has 66 valence electrons. The van der Waals surface area contributed by atoms with Gasteiger partial charge in [0.1, 0.15) is 5.82 Å². The predicted octanol–water partition coefficient (Wildman–Crippen LogP) is 1.96. The third kappa shape index (κ3) is 2.31. The Morgan fingerprint density at radius 1 is 1.42 bits per heavy atom. The molecule has 1 aromatic carbocycles. The maximum absolute atomic E-state index is 13.0. The van der Waals surface area contributed by atoms with Gasteiger partial charge in [0.15, 0.2) is 0 Å². The van der Waals surface area contributed by atoms with Crippen LogP contribution in [0.1, 0.15) is 12.5 Å². The summed E-state index contributed by atoms with van der Waals surface area (Å²) in [7, 11) is 0. The number of benzene rings is 1. The van der Waals surface area contributed by atoms with Gasteiger partial charge in [-0.1, -0.05) is 25.1 Å². The third-order valence-corrected chi connectivity index (χ3v) is 1.93. The van der Waals surface area contributed by atoms with Crippen LogP contribution in [0, 0.1) is 11.7 Å². The predicted molar refractivity (Wildman–Crippen MR) is 48.3 cm³/mol. The lowest BCUT2D eigenvalue weighted by Crippen LogP contribution is -2.13. The second-order valence-electron chi connectivity index (χ2n) is 3.14. The Labute approximate surface area is 72.4 Å². The maximum atomic E-state index is 13.0. The van der Waals surface area contributed by atoms with E-state index in [2.05, 4.69) is 0 Å². The summed E-state index contributed by atoms with van der Waals surface area (Å²) in [5.74, 6) is 0.222. The smallest absolute Gasteiger partial charge is 0.126 e. The van der Waals surface area contributed by atoms with Crippen molar-refractivity contribution in [1.82, 2.24) is 0 Å². The summed E-state index contributed by atoms with van der Waals surface area (Å²) < 4.78 is 13.0. The molecule has 0 saturated heterocycles. The van der Waals surface area contributed by atoms with E-state index in [0.717, 1.165) is 12.0 Å². The van der Waals surface area contributed by atoms with E-state index in [1.54, 1.807) is 6.07 Å². The molecule has 0 heterocycles. The van der Waals surface area contributed by atoms with E-state index >= 15 is 0 Å². The van der Waals surface area contributed by atoms with Gasteiger partial charge in [0, 0.05) is 0 Å². The highest BCUT2D eigenvalue weighted by Gasteiger charge is 2.04. The second kappa shape index (κ2) is 4.21. The Morgan fingerprint density at radius 2 is 2.08 bits per heavy atom. The van der Waals surface area contributed by atoms with E-state index in [-0.39, 0.29) is 5.82 Å². The minimum atomic E-state index is -0.127. The summed E-state index contributed by atoms with van der Waals surface area (Å²) in [6.45, 7) is 2.63. The average Bonchev–Trinajstić information content (AvgIpc) is 2.09. The molecule has 0 aliphatic heterocycles. The van der Waals surface area contributed by atoms with Crippen LogP contribution in [0.4, 0.5) is 4.39 Å². The molecule has 2 N–H and O–H groups in total. The van der Waals surface area contributed by atoms with E-state index in [4.69, 9.17) is 5.73 Å². The molecule has 1 aromatic rings. The van der Waals surface area contributed by atoms with Gasteiger partial charge >= 0.3 is 0 Å². The molecule has 0 fully saturated rings. The fourth-order valence-corrected chi connectivity index (χ4v) is 1.12. The van der Waals surface area contributed by atoms with Crippen LogP contribution in [0.3, 0.4) is 0 Å². The summed E-state index contributed by atoms with van der Waals surface area (Å²) in [5, 5.41) is 0. The molecule has 0 aliphatic rings. The van der Waals surface area contributed by atoms with Gasteiger partial charge in [-0.05, 0) is 30.5 Å². The van der Waals surface area contributed by atoms with Crippen LogP contribution in [-0.2, 0) is 6.42 Å². The van der Waals surface area contributed by atoms with Crippen LogP contribution in [0.2, 0.25) is 0 Å².